The van der Waals surface area contributed by atoms with Gasteiger partial charge in [0.25, 0.3) is 0 Å². The van der Waals surface area contributed by atoms with Gasteiger partial charge in [-0.2, -0.15) is 5.10 Å². The number of nitrogens with zero attached hydrogens (tertiary/aromatic N) is 3. The van der Waals surface area contributed by atoms with Crippen molar-refractivity contribution in [1.82, 2.24) is 20.0 Å². The molecule has 1 N–H and O–H groups in total. The van der Waals surface area contributed by atoms with E-state index in [9.17, 15) is 9.59 Å². The fraction of sp³-hybridized carbons (Fsp3) is 0.643. The minimum atomic E-state index is -0.650. The summed E-state index contributed by atoms with van der Waals surface area (Å²) in [6.07, 6.45) is 5.77. The normalized spacial score (nSPS) is 22.1. The summed E-state index contributed by atoms with van der Waals surface area (Å²) in [5.74, 6) is 0.0512. The average molecular weight is 276 g/mol. The van der Waals surface area contributed by atoms with Crippen LogP contribution >= 0.6 is 0 Å². The van der Waals surface area contributed by atoms with Gasteiger partial charge in [0.15, 0.2) is 0 Å². The van der Waals surface area contributed by atoms with Gasteiger partial charge in [0.2, 0.25) is 11.8 Å². The van der Waals surface area contributed by atoms with E-state index >= 15 is 0 Å². The molecule has 1 aromatic rings. The molecule has 3 rings (SSSR count). The Hall–Kier alpha value is -1.85. The summed E-state index contributed by atoms with van der Waals surface area (Å²) in [7, 11) is 1.86. The number of hydrogen-bond donors (Lipinski definition) is 1. The molecule has 1 spiro atoms. The van der Waals surface area contributed by atoms with Gasteiger partial charge in [0, 0.05) is 26.2 Å². The Balaban J connectivity index is 1.82. The summed E-state index contributed by atoms with van der Waals surface area (Å²) in [5.41, 5.74) is 0.214. The zero-order valence-electron chi connectivity index (χ0n) is 11.8. The highest BCUT2D eigenvalue weighted by Crippen LogP contribution is 2.33. The van der Waals surface area contributed by atoms with Crippen molar-refractivity contribution in [2.75, 3.05) is 6.54 Å². The monoisotopic (exact) mass is 276 g/mol. The maximum absolute atomic E-state index is 12.8. The Morgan fingerprint density at radius 2 is 2.10 bits per heavy atom. The van der Waals surface area contributed by atoms with Crippen molar-refractivity contribution in [2.45, 2.75) is 44.2 Å². The SMILES string of the molecule is Cn1ccc(CN2CCC(=O)NC3(CCCC3)C2=O)n1. The molecule has 6 nitrogen and oxygen atoms in total. The summed E-state index contributed by atoms with van der Waals surface area (Å²) < 4.78 is 1.73. The number of amides is 2. The third-order valence-electron chi connectivity index (χ3n) is 4.26. The van der Waals surface area contributed by atoms with Crippen LogP contribution < -0.4 is 5.32 Å². The predicted molar refractivity (Wildman–Crippen MR) is 72.6 cm³/mol. The van der Waals surface area contributed by atoms with E-state index in [1.165, 1.54) is 0 Å². The van der Waals surface area contributed by atoms with Crippen LogP contribution in [0.15, 0.2) is 12.3 Å². The van der Waals surface area contributed by atoms with Crippen molar-refractivity contribution in [1.29, 1.82) is 0 Å². The van der Waals surface area contributed by atoms with Crippen molar-refractivity contribution >= 4 is 11.8 Å². The summed E-state index contributed by atoms with van der Waals surface area (Å²) in [6.45, 7) is 0.958. The highest BCUT2D eigenvalue weighted by atomic mass is 16.2. The molecule has 6 heteroatoms. The lowest BCUT2D eigenvalue weighted by molar-refractivity contribution is -0.139. The van der Waals surface area contributed by atoms with E-state index < -0.39 is 5.54 Å². The Bertz CT molecular complexity index is 531. The molecule has 1 aliphatic carbocycles. The Morgan fingerprint density at radius 3 is 2.75 bits per heavy atom. The molecular weight excluding hydrogens is 256 g/mol. The van der Waals surface area contributed by atoms with Gasteiger partial charge in [-0.1, -0.05) is 12.8 Å². The third kappa shape index (κ3) is 2.30. The molecule has 0 radical (unpaired) electrons. The first-order valence-corrected chi connectivity index (χ1v) is 7.18. The molecule has 108 valence electrons. The predicted octanol–water partition coefficient (Wildman–Crippen LogP) is 0.581. The second kappa shape index (κ2) is 4.92. The smallest absolute Gasteiger partial charge is 0.248 e. The molecule has 0 unspecified atom stereocenters. The van der Waals surface area contributed by atoms with Crippen molar-refractivity contribution in [3.8, 4) is 0 Å². The molecule has 2 fully saturated rings. The fourth-order valence-corrected chi connectivity index (χ4v) is 3.23. The summed E-state index contributed by atoms with van der Waals surface area (Å²) in [5, 5.41) is 7.29. The summed E-state index contributed by atoms with van der Waals surface area (Å²) in [6, 6.07) is 1.91. The molecular formula is C14H20N4O2. The van der Waals surface area contributed by atoms with E-state index in [2.05, 4.69) is 10.4 Å². The minimum Gasteiger partial charge on any atom is -0.342 e. The largest absolute Gasteiger partial charge is 0.342 e. The van der Waals surface area contributed by atoms with Gasteiger partial charge in [-0.15, -0.1) is 0 Å². The van der Waals surface area contributed by atoms with Crippen molar-refractivity contribution in [2.24, 2.45) is 7.05 Å². The van der Waals surface area contributed by atoms with E-state index in [-0.39, 0.29) is 11.8 Å². The number of nitrogens with one attached hydrogen (secondary N) is 1. The van der Waals surface area contributed by atoms with Gasteiger partial charge >= 0.3 is 0 Å². The van der Waals surface area contributed by atoms with E-state index in [1.807, 2.05) is 19.3 Å². The molecule has 0 atom stereocenters. The topological polar surface area (TPSA) is 67.2 Å². The number of aryl methyl sites for hydroxylation is 1. The molecule has 0 aromatic carbocycles. The zero-order valence-corrected chi connectivity index (χ0v) is 11.8. The highest BCUT2D eigenvalue weighted by molar-refractivity contribution is 5.93. The van der Waals surface area contributed by atoms with Crippen molar-refractivity contribution in [3.63, 3.8) is 0 Å². The van der Waals surface area contributed by atoms with Gasteiger partial charge in [-0.05, 0) is 18.9 Å². The van der Waals surface area contributed by atoms with Gasteiger partial charge in [0.1, 0.15) is 5.54 Å². The van der Waals surface area contributed by atoms with Crippen LogP contribution in [-0.4, -0.2) is 38.6 Å². The standard InChI is InChI=1S/C14H20N4O2/c1-17-8-4-11(16-17)10-18-9-5-12(19)15-14(13(18)20)6-2-3-7-14/h4,8H,2-3,5-7,9-10H2,1H3,(H,15,19). The first-order chi connectivity index (χ1) is 9.59. The van der Waals surface area contributed by atoms with E-state index in [4.69, 9.17) is 0 Å². The maximum atomic E-state index is 12.8. The number of rotatable bonds is 2. The van der Waals surface area contributed by atoms with Crippen LogP contribution in [0, 0.1) is 0 Å². The summed E-state index contributed by atoms with van der Waals surface area (Å²) in [4.78, 5) is 26.5. The average Bonchev–Trinajstić information content (AvgIpc) is 3.01. The maximum Gasteiger partial charge on any atom is 0.248 e. The Kier molecular flexibility index (Phi) is 3.23. The van der Waals surface area contributed by atoms with Crippen LogP contribution in [0.1, 0.15) is 37.8 Å². The molecule has 2 heterocycles. The second-order valence-electron chi connectivity index (χ2n) is 5.79. The van der Waals surface area contributed by atoms with Crippen molar-refractivity contribution in [3.05, 3.63) is 18.0 Å². The lowest BCUT2D eigenvalue weighted by Crippen LogP contribution is -2.55. The zero-order chi connectivity index (χ0) is 14.2. The number of carbonyl (C=O) groups excluding carboxylic acids is 2. The molecule has 0 bridgehead atoms. The van der Waals surface area contributed by atoms with Crippen LogP contribution in [0.4, 0.5) is 0 Å². The van der Waals surface area contributed by atoms with Gasteiger partial charge in [-0.3, -0.25) is 14.3 Å². The van der Waals surface area contributed by atoms with Crippen molar-refractivity contribution < 1.29 is 9.59 Å². The molecule has 2 aliphatic rings. The number of carbonyl (C=O) groups is 2. The third-order valence-corrected chi connectivity index (χ3v) is 4.26. The molecule has 1 aromatic heterocycles. The van der Waals surface area contributed by atoms with E-state index in [1.54, 1.807) is 9.58 Å². The number of aromatic nitrogens is 2. The lowest BCUT2D eigenvalue weighted by Gasteiger charge is -2.31. The van der Waals surface area contributed by atoms with Gasteiger partial charge < -0.3 is 10.2 Å². The fourth-order valence-electron chi connectivity index (χ4n) is 3.23. The van der Waals surface area contributed by atoms with Crippen LogP contribution in [0.25, 0.3) is 0 Å². The quantitative estimate of drug-likeness (QED) is 0.859. The molecule has 20 heavy (non-hydrogen) atoms. The second-order valence-corrected chi connectivity index (χ2v) is 5.79. The first-order valence-electron chi connectivity index (χ1n) is 7.18. The van der Waals surface area contributed by atoms with Gasteiger partial charge in [0.05, 0.1) is 12.2 Å². The van der Waals surface area contributed by atoms with E-state index in [0.29, 0.717) is 19.5 Å². The molecule has 1 saturated heterocycles. The number of hydrogen-bond acceptors (Lipinski definition) is 3. The highest BCUT2D eigenvalue weighted by Gasteiger charge is 2.46. The van der Waals surface area contributed by atoms with Crippen LogP contribution in [0.5, 0.6) is 0 Å². The molecule has 2 amide bonds. The lowest BCUT2D eigenvalue weighted by atomic mass is 9.96. The Labute approximate surface area is 118 Å². The van der Waals surface area contributed by atoms with E-state index in [0.717, 1.165) is 31.4 Å². The minimum absolute atomic E-state index is 0.0104. The van der Waals surface area contributed by atoms with Gasteiger partial charge in [-0.25, -0.2) is 0 Å². The molecule has 1 saturated carbocycles. The first kappa shape index (κ1) is 13.1. The molecule has 1 aliphatic heterocycles. The van der Waals surface area contributed by atoms with Crippen LogP contribution in [0.3, 0.4) is 0 Å². The Morgan fingerprint density at radius 1 is 1.35 bits per heavy atom. The summed E-state index contributed by atoms with van der Waals surface area (Å²) >= 11 is 0. The van der Waals surface area contributed by atoms with Crippen LogP contribution in [-0.2, 0) is 23.2 Å². The van der Waals surface area contributed by atoms with Crippen LogP contribution in [0.2, 0.25) is 0 Å².